The van der Waals surface area contributed by atoms with Gasteiger partial charge in [0.05, 0.1) is 10.8 Å². The zero-order chi connectivity index (χ0) is 14.7. The van der Waals surface area contributed by atoms with Crippen LogP contribution >= 0.6 is 23.4 Å². The van der Waals surface area contributed by atoms with Crippen LogP contribution in [0, 0.1) is 0 Å². The Labute approximate surface area is 134 Å². The maximum atomic E-state index is 12.5. The predicted octanol–water partition coefficient (Wildman–Crippen LogP) is 5.58. The molecule has 0 spiro atoms. The van der Waals surface area contributed by atoms with Crippen LogP contribution in [0.1, 0.15) is 41.1 Å². The maximum Gasteiger partial charge on any atom is 0.173 e. The molecular formula is C18H17ClOS. The van der Waals surface area contributed by atoms with Crippen LogP contribution in [0.25, 0.3) is 0 Å². The summed E-state index contributed by atoms with van der Waals surface area (Å²) < 4.78 is 0. The van der Waals surface area contributed by atoms with Crippen molar-refractivity contribution in [2.24, 2.45) is 0 Å². The molecule has 0 aromatic heterocycles. The van der Waals surface area contributed by atoms with Crippen molar-refractivity contribution in [2.45, 2.75) is 30.1 Å². The molecule has 0 saturated heterocycles. The lowest BCUT2D eigenvalue weighted by Gasteiger charge is -2.27. The maximum absolute atomic E-state index is 12.5. The first-order chi connectivity index (χ1) is 10.3. The highest BCUT2D eigenvalue weighted by molar-refractivity contribution is 8.00. The molecule has 0 radical (unpaired) electrons. The fraction of sp³-hybridized carbons (Fsp3) is 0.278. The number of carbonyl (C=O) groups is 1. The second kappa shape index (κ2) is 6.67. The molecule has 0 atom stereocenters. The molecule has 0 N–H and O–H groups in total. The van der Waals surface area contributed by atoms with E-state index >= 15 is 0 Å². The van der Waals surface area contributed by atoms with Crippen LogP contribution in [0.3, 0.4) is 0 Å². The predicted molar refractivity (Wildman–Crippen MR) is 89.5 cm³/mol. The quantitative estimate of drug-likeness (QED) is 0.529. The molecule has 1 fully saturated rings. The molecular weight excluding hydrogens is 300 g/mol. The Hall–Kier alpha value is -1.25. The fourth-order valence-corrected chi connectivity index (χ4v) is 3.73. The summed E-state index contributed by atoms with van der Waals surface area (Å²) in [5.41, 5.74) is 2.12. The topological polar surface area (TPSA) is 17.1 Å². The molecule has 0 amide bonds. The largest absolute Gasteiger partial charge is 0.293 e. The molecule has 1 aliphatic rings. The third kappa shape index (κ3) is 3.33. The van der Waals surface area contributed by atoms with Crippen LogP contribution < -0.4 is 0 Å². The average molecular weight is 317 g/mol. The van der Waals surface area contributed by atoms with Crippen LogP contribution in [0.2, 0.25) is 5.02 Å². The monoisotopic (exact) mass is 316 g/mol. The summed E-state index contributed by atoms with van der Waals surface area (Å²) >= 11 is 7.65. The van der Waals surface area contributed by atoms with Gasteiger partial charge in [-0.2, -0.15) is 0 Å². The van der Waals surface area contributed by atoms with Gasteiger partial charge in [0.25, 0.3) is 0 Å². The third-order valence-electron chi connectivity index (χ3n) is 4.00. The lowest BCUT2D eigenvalue weighted by molar-refractivity contribution is 0.102. The van der Waals surface area contributed by atoms with E-state index in [-0.39, 0.29) is 5.78 Å². The molecule has 3 heteroatoms. The van der Waals surface area contributed by atoms with E-state index in [4.69, 9.17) is 11.6 Å². The van der Waals surface area contributed by atoms with Crippen molar-refractivity contribution in [2.75, 3.05) is 5.75 Å². The normalized spacial score (nSPS) is 14.7. The Morgan fingerprint density at radius 1 is 1.10 bits per heavy atom. The molecule has 108 valence electrons. The number of carbonyl (C=O) groups excluding carboxylic acids is 1. The van der Waals surface area contributed by atoms with Crippen molar-refractivity contribution >= 4 is 29.1 Å². The summed E-state index contributed by atoms with van der Waals surface area (Å²) in [7, 11) is 0. The lowest BCUT2D eigenvalue weighted by atomic mass is 9.78. The van der Waals surface area contributed by atoms with E-state index in [0.717, 1.165) is 10.5 Å². The highest BCUT2D eigenvalue weighted by Gasteiger charge is 2.24. The highest BCUT2D eigenvalue weighted by atomic mass is 35.5. The van der Waals surface area contributed by atoms with E-state index in [1.807, 2.05) is 42.5 Å². The second-order valence-electron chi connectivity index (χ2n) is 5.36. The van der Waals surface area contributed by atoms with Crippen molar-refractivity contribution in [3.05, 3.63) is 64.7 Å². The molecule has 1 saturated carbocycles. The zero-order valence-electron chi connectivity index (χ0n) is 11.7. The van der Waals surface area contributed by atoms with Crippen molar-refractivity contribution in [3.63, 3.8) is 0 Å². The summed E-state index contributed by atoms with van der Waals surface area (Å²) in [6.07, 6.45) is 3.70. The number of ketones is 1. The van der Waals surface area contributed by atoms with Crippen LogP contribution in [0.15, 0.2) is 53.4 Å². The van der Waals surface area contributed by atoms with Gasteiger partial charge in [0, 0.05) is 10.5 Å². The molecule has 0 aliphatic heterocycles. The molecule has 1 aliphatic carbocycles. The van der Waals surface area contributed by atoms with Gasteiger partial charge in [0.1, 0.15) is 0 Å². The summed E-state index contributed by atoms with van der Waals surface area (Å²) in [5.74, 6) is 1.21. The molecule has 0 unspecified atom stereocenters. The standard InChI is InChI=1S/C18H17ClOS/c19-16-10-3-4-11-18(16)21-12-17(20)15-9-2-1-8-14(15)13-6-5-7-13/h1-4,8-11,13H,5-7,12H2. The van der Waals surface area contributed by atoms with Gasteiger partial charge >= 0.3 is 0 Å². The van der Waals surface area contributed by atoms with Crippen LogP contribution in [-0.4, -0.2) is 11.5 Å². The van der Waals surface area contributed by atoms with Gasteiger partial charge in [-0.15, -0.1) is 11.8 Å². The van der Waals surface area contributed by atoms with E-state index in [0.29, 0.717) is 16.7 Å². The molecule has 21 heavy (non-hydrogen) atoms. The van der Waals surface area contributed by atoms with Gasteiger partial charge in [0.15, 0.2) is 5.78 Å². The minimum Gasteiger partial charge on any atom is -0.293 e. The van der Waals surface area contributed by atoms with Gasteiger partial charge in [-0.05, 0) is 36.5 Å². The third-order valence-corrected chi connectivity index (χ3v) is 5.52. The fourth-order valence-electron chi connectivity index (χ4n) is 2.61. The second-order valence-corrected chi connectivity index (χ2v) is 6.78. The van der Waals surface area contributed by atoms with E-state index in [1.165, 1.54) is 36.6 Å². The number of halogens is 1. The van der Waals surface area contributed by atoms with Gasteiger partial charge in [-0.1, -0.05) is 54.4 Å². The van der Waals surface area contributed by atoms with E-state index < -0.39 is 0 Å². The first-order valence-electron chi connectivity index (χ1n) is 7.25. The van der Waals surface area contributed by atoms with Crippen LogP contribution in [0.5, 0.6) is 0 Å². The van der Waals surface area contributed by atoms with Gasteiger partial charge in [-0.25, -0.2) is 0 Å². The number of hydrogen-bond donors (Lipinski definition) is 0. The van der Waals surface area contributed by atoms with Crippen molar-refractivity contribution < 1.29 is 4.79 Å². The Kier molecular flexibility index (Phi) is 4.67. The van der Waals surface area contributed by atoms with Crippen LogP contribution in [-0.2, 0) is 0 Å². The van der Waals surface area contributed by atoms with Gasteiger partial charge in [-0.3, -0.25) is 4.79 Å². The smallest absolute Gasteiger partial charge is 0.173 e. The first kappa shape index (κ1) is 14.7. The Morgan fingerprint density at radius 2 is 1.81 bits per heavy atom. The first-order valence-corrected chi connectivity index (χ1v) is 8.61. The van der Waals surface area contributed by atoms with E-state index in [9.17, 15) is 4.79 Å². The zero-order valence-corrected chi connectivity index (χ0v) is 13.3. The average Bonchev–Trinajstić information content (AvgIpc) is 2.45. The minimum atomic E-state index is 0.197. The van der Waals surface area contributed by atoms with E-state index in [2.05, 4.69) is 6.07 Å². The number of hydrogen-bond acceptors (Lipinski definition) is 2. The highest BCUT2D eigenvalue weighted by Crippen LogP contribution is 2.38. The Balaban J connectivity index is 1.72. The molecule has 0 heterocycles. The molecule has 2 aromatic carbocycles. The SMILES string of the molecule is O=C(CSc1ccccc1Cl)c1ccccc1C1CCC1. The summed E-state index contributed by atoms with van der Waals surface area (Å²) in [5, 5.41) is 0.711. The van der Waals surface area contributed by atoms with Gasteiger partial charge in [0.2, 0.25) is 0 Å². The number of benzene rings is 2. The molecule has 2 aromatic rings. The summed E-state index contributed by atoms with van der Waals surface area (Å²) in [4.78, 5) is 13.5. The minimum absolute atomic E-state index is 0.197. The number of rotatable bonds is 5. The van der Waals surface area contributed by atoms with Crippen LogP contribution in [0.4, 0.5) is 0 Å². The van der Waals surface area contributed by atoms with Crippen molar-refractivity contribution in [1.82, 2.24) is 0 Å². The summed E-state index contributed by atoms with van der Waals surface area (Å²) in [6.45, 7) is 0. The molecule has 3 rings (SSSR count). The molecule has 0 bridgehead atoms. The summed E-state index contributed by atoms with van der Waals surface area (Å²) in [6, 6.07) is 15.7. The Bertz CT molecular complexity index is 649. The Morgan fingerprint density at radius 3 is 2.52 bits per heavy atom. The van der Waals surface area contributed by atoms with E-state index in [1.54, 1.807) is 0 Å². The van der Waals surface area contributed by atoms with Crippen molar-refractivity contribution in [1.29, 1.82) is 0 Å². The molecule has 1 nitrogen and oxygen atoms in total. The van der Waals surface area contributed by atoms with Crippen molar-refractivity contribution in [3.8, 4) is 0 Å². The van der Waals surface area contributed by atoms with Gasteiger partial charge < -0.3 is 0 Å². The number of Topliss-reactive ketones (excluding diaryl/α,β-unsaturated/α-hetero) is 1. The lowest BCUT2D eigenvalue weighted by Crippen LogP contribution is -2.14. The number of thioether (sulfide) groups is 1.